The number of ether oxygens (including phenoxy) is 2. The van der Waals surface area contributed by atoms with E-state index < -0.39 is 0 Å². The maximum atomic E-state index is 12.4. The molecule has 2 aromatic carbocycles. The van der Waals surface area contributed by atoms with Crippen LogP contribution in [-0.4, -0.2) is 38.6 Å². The van der Waals surface area contributed by atoms with Crippen molar-refractivity contribution in [2.75, 3.05) is 27.8 Å². The zero-order valence-electron chi connectivity index (χ0n) is 15.9. The summed E-state index contributed by atoms with van der Waals surface area (Å²) in [5.74, 6) is 1.26. The Labute approximate surface area is 170 Å². The molecule has 2 aromatic rings. The Morgan fingerprint density at radius 2 is 1.81 bits per heavy atom. The second kappa shape index (κ2) is 9.83. The molecular weight excluding hydrogens is 387 g/mol. The molecular formula is C20H24Cl2N2O3. The molecule has 7 heteroatoms. The molecule has 146 valence electrons. The van der Waals surface area contributed by atoms with E-state index in [9.17, 15) is 4.79 Å². The molecule has 0 spiro atoms. The van der Waals surface area contributed by atoms with Crippen molar-refractivity contribution in [2.24, 2.45) is 0 Å². The average Bonchev–Trinajstić information content (AvgIpc) is 2.61. The molecule has 0 bridgehead atoms. The third kappa shape index (κ3) is 6.03. The third-order valence-electron chi connectivity index (χ3n) is 4.12. The number of hydrogen-bond acceptors (Lipinski definition) is 4. The fraction of sp³-hybridized carbons (Fsp3) is 0.350. The van der Waals surface area contributed by atoms with Crippen LogP contribution < -0.4 is 14.8 Å². The predicted octanol–water partition coefficient (Wildman–Crippen LogP) is 4.32. The molecule has 0 saturated heterocycles. The number of nitrogens with one attached hydrogen (secondary N) is 1. The van der Waals surface area contributed by atoms with Gasteiger partial charge in [-0.3, -0.25) is 9.69 Å². The van der Waals surface area contributed by atoms with Crippen LogP contribution in [0, 0.1) is 0 Å². The van der Waals surface area contributed by atoms with Gasteiger partial charge in [0.2, 0.25) is 5.91 Å². The van der Waals surface area contributed by atoms with Gasteiger partial charge < -0.3 is 14.8 Å². The number of hydrogen-bond donors (Lipinski definition) is 1. The number of amides is 1. The fourth-order valence-corrected chi connectivity index (χ4v) is 3.38. The van der Waals surface area contributed by atoms with Gasteiger partial charge in [-0.2, -0.15) is 0 Å². The van der Waals surface area contributed by atoms with Crippen LogP contribution in [-0.2, 0) is 11.3 Å². The molecule has 0 radical (unpaired) electrons. The maximum Gasteiger partial charge on any atom is 0.234 e. The first-order valence-electron chi connectivity index (χ1n) is 8.47. The Hall–Kier alpha value is -1.95. The van der Waals surface area contributed by atoms with Crippen LogP contribution in [0.4, 0.5) is 0 Å². The number of halogens is 2. The van der Waals surface area contributed by atoms with Gasteiger partial charge in [0.15, 0.2) is 11.5 Å². The monoisotopic (exact) mass is 410 g/mol. The summed E-state index contributed by atoms with van der Waals surface area (Å²) in [6.45, 7) is 2.75. The van der Waals surface area contributed by atoms with Crippen molar-refractivity contribution in [1.82, 2.24) is 10.2 Å². The fourth-order valence-electron chi connectivity index (χ4n) is 2.81. The van der Waals surface area contributed by atoms with E-state index in [1.54, 1.807) is 26.4 Å². The van der Waals surface area contributed by atoms with E-state index in [0.29, 0.717) is 28.1 Å². The molecule has 0 saturated carbocycles. The van der Waals surface area contributed by atoms with Crippen LogP contribution in [0.1, 0.15) is 24.1 Å². The van der Waals surface area contributed by atoms with Gasteiger partial charge in [0.1, 0.15) is 0 Å². The number of likely N-dealkylation sites (N-methyl/N-ethyl adjacent to an activating group) is 1. The van der Waals surface area contributed by atoms with E-state index in [1.165, 1.54) is 0 Å². The molecule has 1 atom stereocenters. The van der Waals surface area contributed by atoms with Gasteiger partial charge in [-0.15, -0.1) is 0 Å². The Morgan fingerprint density at radius 3 is 2.44 bits per heavy atom. The van der Waals surface area contributed by atoms with Crippen LogP contribution in [0.2, 0.25) is 10.0 Å². The first-order valence-corrected chi connectivity index (χ1v) is 9.23. The molecule has 0 heterocycles. The van der Waals surface area contributed by atoms with E-state index in [4.69, 9.17) is 32.7 Å². The van der Waals surface area contributed by atoms with Crippen LogP contribution in [0.3, 0.4) is 0 Å². The quantitative estimate of drug-likeness (QED) is 0.703. The van der Waals surface area contributed by atoms with Crippen LogP contribution in [0.15, 0.2) is 36.4 Å². The topological polar surface area (TPSA) is 50.8 Å². The van der Waals surface area contributed by atoms with Crippen molar-refractivity contribution in [3.8, 4) is 11.5 Å². The minimum Gasteiger partial charge on any atom is -0.493 e. The average molecular weight is 411 g/mol. The van der Waals surface area contributed by atoms with Gasteiger partial charge in [-0.1, -0.05) is 35.3 Å². The van der Waals surface area contributed by atoms with Gasteiger partial charge in [0.05, 0.1) is 26.8 Å². The summed E-state index contributed by atoms with van der Waals surface area (Å²) in [6, 6.07) is 10.8. The van der Waals surface area contributed by atoms with Crippen molar-refractivity contribution < 1.29 is 14.3 Å². The molecule has 1 amide bonds. The summed E-state index contributed by atoms with van der Waals surface area (Å²) in [6.07, 6.45) is 0. The van der Waals surface area contributed by atoms with Crippen molar-refractivity contribution in [3.63, 3.8) is 0 Å². The van der Waals surface area contributed by atoms with Crippen LogP contribution in [0.5, 0.6) is 11.5 Å². The first-order chi connectivity index (χ1) is 12.8. The summed E-state index contributed by atoms with van der Waals surface area (Å²) in [5, 5.41) is 4.06. The van der Waals surface area contributed by atoms with E-state index in [-0.39, 0.29) is 18.5 Å². The standard InChI is InChI=1S/C20H24Cl2N2O3/c1-13(16-7-6-15(21)10-17(16)22)23-20(25)12-24(2)11-14-5-8-18(26-3)19(9-14)27-4/h5-10,13H,11-12H2,1-4H3,(H,23,25)/t13-/m0/s1. The van der Waals surface area contributed by atoms with Gasteiger partial charge in [0.25, 0.3) is 0 Å². The summed E-state index contributed by atoms with van der Waals surface area (Å²) in [7, 11) is 5.08. The number of carbonyl (C=O) groups is 1. The first kappa shape index (κ1) is 21.4. The molecule has 0 unspecified atom stereocenters. The molecule has 27 heavy (non-hydrogen) atoms. The highest BCUT2D eigenvalue weighted by Gasteiger charge is 2.15. The van der Waals surface area contributed by atoms with E-state index >= 15 is 0 Å². The highest BCUT2D eigenvalue weighted by molar-refractivity contribution is 6.35. The second-order valence-corrected chi connectivity index (χ2v) is 7.16. The molecule has 2 rings (SSSR count). The van der Waals surface area contributed by atoms with Gasteiger partial charge >= 0.3 is 0 Å². The minimum absolute atomic E-state index is 0.0866. The summed E-state index contributed by atoms with van der Waals surface area (Å²) < 4.78 is 10.6. The van der Waals surface area contributed by atoms with Crippen LogP contribution in [0.25, 0.3) is 0 Å². The Morgan fingerprint density at radius 1 is 1.11 bits per heavy atom. The Balaban J connectivity index is 1.93. The highest BCUT2D eigenvalue weighted by Crippen LogP contribution is 2.28. The van der Waals surface area contributed by atoms with Crippen LogP contribution >= 0.6 is 23.2 Å². The number of nitrogens with zero attached hydrogens (tertiary/aromatic N) is 1. The van der Waals surface area contributed by atoms with Crippen molar-refractivity contribution in [2.45, 2.75) is 19.5 Å². The zero-order chi connectivity index (χ0) is 20.0. The minimum atomic E-state index is -0.211. The molecule has 5 nitrogen and oxygen atoms in total. The predicted molar refractivity (Wildman–Crippen MR) is 109 cm³/mol. The zero-order valence-corrected chi connectivity index (χ0v) is 17.4. The molecule has 0 aromatic heterocycles. The highest BCUT2D eigenvalue weighted by atomic mass is 35.5. The molecule has 0 fully saturated rings. The molecule has 0 aliphatic rings. The molecule has 0 aliphatic carbocycles. The number of methoxy groups -OCH3 is 2. The van der Waals surface area contributed by atoms with Crippen molar-refractivity contribution in [1.29, 1.82) is 0 Å². The molecule has 1 N–H and O–H groups in total. The molecule has 0 aliphatic heterocycles. The van der Waals surface area contributed by atoms with Gasteiger partial charge in [-0.25, -0.2) is 0 Å². The van der Waals surface area contributed by atoms with E-state index in [0.717, 1.165) is 11.1 Å². The second-order valence-electron chi connectivity index (χ2n) is 6.32. The lowest BCUT2D eigenvalue weighted by Gasteiger charge is -2.20. The van der Waals surface area contributed by atoms with Gasteiger partial charge in [-0.05, 0) is 49.4 Å². The summed E-state index contributed by atoms with van der Waals surface area (Å²) in [4.78, 5) is 14.3. The lowest BCUT2D eigenvalue weighted by atomic mass is 10.1. The maximum absolute atomic E-state index is 12.4. The number of rotatable bonds is 8. The van der Waals surface area contributed by atoms with E-state index in [1.807, 2.05) is 43.1 Å². The lowest BCUT2D eigenvalue weighted by Crippen LogP contribution is -2.36. The smallest absolute Gasteiger partial charge is 0.234 e. The SMILES string of the molecule is COc1ccc(CN(C)CC(=O)N[C@@H](C)c2ccc(Cl)cc2Cl)cc1OC. The third-order valence-corrected chi connectivity index (χ3v) is 4.68. The summed E-state index contributed by atoms with van der Waals surface area (Å²) >= 11 is 12.1. The van der Waals surface area contributed by atoms with Gasteiger partial charge in [0, 0.05) is 16.6 Å². The van der Waals surface area contributed by atoms with E-state index in [2.05, 4.69) is 5.32 Å². The number of benzene rings is 2. The normalized spacial score (nSPS) is 12.0. The Bertz CT molecular complexity index is 799. The lowest BCUT2D eigenvalue weighted by molar-refractivity contribution is -0.122. The van der Waals surface area contributed by atoms with Crippen molar-refractivity contribution >= 4 is 29.1 Å². The number of carbonyl (C=O) groups excluding carboxylic acids is 1. The Kier molecular flexibility index (Phi) is 7.78. The summed E-state index contributed by atoms with van der Waals surface area (Å²) in [5.41, 5.74) is 1.86. The largest absolute Gasteiger partial charge is 0.493 e. The van der Waals surface area contributed by atoms with Crippen molar-refractivity contribution in [3.05, 3.63) is 57.6 Å².